The van der Waals surface area contributed by atoms with Crippen LogP contribution in [0.25, 0.3) is 0 Å². The van der Waals surface area contributed by atoms with Crippen LogP contribution in [0.15, 0.2) is 18.5 Å². The molecule has 19 heavy (non-hydrogen) atoms. The number of hydrogen-bond donors (Lipinski definition) is 1. The largest absolute Gasteiger partial charge is 0.350 e. The molecule has 0 aromatic carbocycles. The van der Waals surface area contributed by atoms with Crippen LogP contribution in [0.5, 0.6) is 0 Å². The maximum absolute atomic E-state index is 12.1. The molecular formula is C14H20ClN3O. The topological polar surface area (TPSA) is 45.2 Å². The summed E-state index contributed by atoms with van der Waals surface area (Å²) in [5.41, 5.74) is 0.528. The number of carbonyl (C=O) groups excluding carboxylic acids is 1. The van der Waals surface area contributed by atoms with E-state index in [1.54, 1.807) is 12.3 Å². The molecule has 0 spiro atoms. The number of pyridine rings is 1. The second-order valence-corrected chi connectivity index (χ2v) is 5.77. The summed E-state index contributed by atoms with van der Waals surface area (Å²) in [6.45, 7) is 0.657. The van der Waals surface area contributed by atoms with E-state index in [9.17, 15) is 4.79 Å². The Labute approximate surface area is 119 Å². The van der Waals surface area contributed by atoms with Gasteiger partial charge in [0.2, 0.25) is 0 Å². The minimum absolute atomic E-state index is 0.0876. The fraction of sp³-hybridized carbons (Fsp3) is 0.571. The number of hydrogen-bond acceptors (Lipinski definition) is 3. The molecule has 1 aliphatic rings. The quantitative estimate of drug-likeness (QED) is 0.921. The SMILES string of the molecule is CN(C)C1(CNC(=O)c2cnccc2Cl)CCCC1. The highest BCUT2D eigenvalue weighted by atomic mass is 35.5. The van der Waals surface area contributed by atoms with Gasteiger partial charge in [0.1, 0.15) is 0 Å². The first kappa shape index (κ1) is 14.3. The molecule has 0 saturated heterocycles. The summed E-state index contributed by atoms with van der Waals surface area (Å²) < 4.78 is 0. The predicted octanol–water partition coefficient (Wildman–Crippen LogP) is 2.34. The van der Waals surface area contributed by atoms with Crippen LogP contribution in [0.1, 0.15) is 36.0 Å². The Morgan fingerprint density at radius 2 is 2.16 bits per heavy atom. The van der Waals surface area contributed by atoms with E-state index in [2.05, 4.69) is 29.3 Å². The molecule has 1 fully saturated rings. The van der Waals surface area contributed by atoms with Crippen LogP contribution in [0.4, 0.5) is 0 Å². The highest BCUT2D eigenvalue weighted by Gasteiger charge is 2.36. The van der Waals surface area contributed by atoms with Gasteiger partial charge in [0.05, 0.1) is 10.6 Å². The smallest absolute Gasteiger partial charge is 0.254 e. The maximum Gasteiger partial charge on any atom is 0.254 e. The van der Waals surface area contributed by atoms with E-state index in [4.69, 9.17) is 11.6 Å². The lowest BCUT2D eigenvalue weighted by Gasteiger charge is -2.36. The molecule has 0 radical (unpaired) electrons. The molecule has 1 heterocycles. The van der Waals surface area contributed by atoms with Gasteiger partial charge < -0.3 is 10.2 Å². The van der Waals surface area contributed by atoms with Crippen LogP contribution in [0.2, 0.25) is 5.02 Å². The van der Waals surface area contributed by atoms with E-state index in [0.29, 0.717) is 17.1 Å². The highest BCUT2D eigenvalue weighted by molar-refractivity contribution is 6.33. The number of nitrogens with zero attached hydrogens (tertiary/aromatic N) is 2. The van der Waals surface area contributed by atoms with E-state index in [-0.39, 0.29) is 11.4 Å². The standard InChI is InChI=1S/C14H20ClN3O/c1-18(2)14(6-3-4-7-14)10-17-13(19)11-9-16-8-5-12(11)15/h5,8-9H,3-4,6-7,10H2,1-2H3,(H,17,19). The molecule has 0 atom stereocenters. The Morgan fingerprint density at radius 1 is 1.47 bits per heavy atom. The van der Waals surface area contributed by atoms with Crippen molar-refractivity contribution in [2.45, 2.75) is 31.2 Å². The fourth-order valence-corrected chi connectivity index (χ4v) is 2.89. The monoisotopic (exact) mass is 281 g/mol. The van der Waals surface area contributed by atoms with Crippen molar-refractivity contribution in [1.82, 2.24) is 15.2 Å². The third kappa shape index (κ3) is 3.07. The summed E-state index contributed by atoms with van der Waals surface area (Å²) in [5.74, 6) is -0.147. The van der Waals surface area contributed by atoms with Gasteiger partial charge in [-0.3, -0.25) is 9.78 Å². The van der Waals surface area contributed by atoms with Gasteiger partial charge in [-0.25, -0.2) is 0 Å². The first-order valence-corrected chi connectivity index (χ1v) is 6.98. The molecule has 1 aromatic rings. The van der Waals surface area contributed by atoms with Crippen LogP contribution in [0, 0.1) is 0 Å². The van der Waals surface area contributed by atoms with Gasteiger partial charge >= 0.3 is 0 Å². The third-order valence-electron chi connectivity index (χ3n) is 4.07. The molecule has 1 N–H and O–H groups in total. The second kappa shape index (κ2) is 5.88. The molecule has 1 aliphatic carbocycles. The molecule has 0 unspecified atom stereocenters. The molecular weight excluding hydrogens is 262 g/mol. The summed E-state index contributed by atoms with van der Waals surface area (Å²) in [4.78, 5) is 18.3. The molecule has 104 valence electrons. The average molecular weight is 282 g/mol. The molecule has 1 saturated carbocycles. The lowest BCUT2D eigenvalue weighted by Crippen LogP contribution is -2.50. The minimum atomic E-state index is -0.147. The second-order valence-electron chi connectivity index (χ2n) is 5.36. The van der Waals surface area contributed by atoms with Crippen molar-refractivity contribution < 1.29 is 4.79 Å². The lowest BCUT2D eigenvalue weighted by molar-refractivity contribution is 0.0900. The molecule has 2 rings (SSSR count). The Bertz CT molecular complexity index is 456. The van der Waals surface area contributed by atoms with E-state index < -0.39 is 0 Å². The van der Waals surface area contributed by atoms with Gasteiger partial charge in [-0.05, 0) is 33.0 Å². The summed E-state index contributed by atoms with van der Waals surface area (Å²) in [6.07, 6.45) is 7.79. The van der Waals surface area contributed by atoms with Crippen molar-refractivity contribution in [3.63, 3.8) is 0 Å². The van der Waals surface area contributed by atoms with E-state index in [0.717, 1.165) is 12.8 Å². The Hall–Kier alpha value is -1.13. The molecule has 0 bridgehead atoms. The van der Waals surface area contributed by atoms with Gasteiger partial charge in [0, 0.05) is 24.5 Å². The highest BCUT2D eigenvalue weighted by Crippen LogP contribution is 2.33. The number of rotatable bonds is 4. The molecule has 1 aromatic heterocycles. The van der Waals surface area contributed by atoms with E-state index in [1.807, 2.05) is 0 Å². The van der Waals surface area contributed by atoms with Crippen LogP contribution in [-0.4, -0.2) is 42.0 Å². The number of amides is 1. The van der Waals surface area contributed by atoms with E-state index >= 15 is 0 Å². The van der Waals surface area contributed by atoms with Crippen molar-refractivity contribution in [2.75, 3.05) is 20.6 Å². The van der Waals surface area contributed by atoms with Gasteiger partial charge in [-0.2, -0.15) is 0 Å². The Balaban J connectivity index is 2.02. The normalized spacial score (nSPS) is 17.7. The van der Waals surface area contributed by atoms with E-state index in [1.165, 1.54) is 19.0 Å². The number of halogens is 1. The lowest BCUT2D eigenvalue weighted by atomic mass is 9.96. The fourth-order valence-electron chi connectivity index (χ4n) is 2.70. The Kier molecular flexibility index (Phi) is 4.42. The zero-order valence-electron chi connectivity index (χ0n) is 11.4. The number of carbonyl (C=O) groups is 1. The van der Waals surface area contributed by atoms with Crippen LogP contribution in [0.3, 0.4) is 0 Å². The zero-order valence-corrected chi connectivity index (χ0v) is 12.2. The molecule has 0 aliphatic heterocycles. The number of aromatic nitrogens is 1. The van der Waals surface area contributed by atoms with Crippen molar-refractivity contribution >= 4 is 17.5 Å². The van der Waals surface area contributed by atoms with Gasteiger partial charge in [0.15, 0.2) is 0 Å². The van der Waals surface area contributed by atoms with Gasteiger partial charge in [0.25, 0.3) is 5.91 Å². The third-order valence-corrected chi connectivity index (χ3v) is 4.40. The Morgan fingerprint density at radius 3 is 2.74 bits per heavy atom. The van der Waals surface area contributed by atoms with Crippen molar-refractivity contribution in [3.05, 3.63) is 29.0 Å². The van der Waals surface area contributed by atoms with Crippen LogP contribution in [-0.2, 0) is 0 Å². The van der Waals surface area contributed by atoms with Gasteiger partial charge in [-0.15, -0.1) is 0 Å². The van der Waals surface area contributed by atoms with Crippen molar-refractivity contribution in [1.29, 1.82) is 0 Å². The molecule has 1 amide bonds. The maximum atomic E-state index is 12.1. The minimum Gasteiger partial charge on any atom is -0.350 e. The van der Waals surface area contributed by atoms with Crippen LogP contribution >= 0.6 is 11.6 Å². The van der Waals surface area contributed by atoms with Crippen molar-refractivity contribution in [3.8, 4) is 0 Å². The predicted molar refractivity (Wildman–Crippen MR) is 76.5 cm³/mol. The number of likely N-dealkylation sites (N-methyl/N-ethyl adjacent to an activating group) is 1. The summed E-state index contributed by atoms with van der Waals surface area (Å²) in [5, 5.41) is 3.44. The average Bonchev–Trinajstić information content (AvgIpc) is 2.86. The molecule has 5 heteroatoms. The first-order valence-electron chi connectivity index (χ1n) is 6.60. The van der Waals surface area contributed by atoms with Crippen molar-refractivity contribution in [2.24, 2.45) is 0 Å². The summed E-state index contributed by atoms with van der Waals surface area (Å²) in [7, 11) is 4.16. The molecule has 4 nitrogen and oxygen atoms in total. The zero-order chi connectivity index (χ0) is 13.9. The first-order chi connectivity index (χ1) is 9.05. The summed E-state index contributed by atoms with van der Waals surface area (Å²) in [6, 6.07) is 1.63. The van der Waals surface area contributed by atoms with Gasteiger partial charge in [-0.1, -0.05) is 24.4 Å². The summed E-state index contributed by atoms with van der Waals surface area (Å²) >= 11 is 6.00. The number of nitrogens with one attached hydrogen (secondary N) is 1. The van der Waals surface area contributed by atoms with Crippen LogP contribution < -0.4 is 5.32 Å².